The van der Waals surface area contributed by atoms with Gasteiger partial charge in [-0.05, 0) is 36.8 Å². The predicted octanol–water partition coefficient (Wildman–Crippen LogP) is 2.66. The topological polar surface area (TPSA) is 82.1 Å². The monoisotopic (exact) mass is 362 g/mol. The fraction of sp³-hybridized carbons (Fsp3) is 0.150. The smallest absolute Gasteiger partial charge is 0.408 e. The Bertz CT molecular complexity index is 1120. The predicted molar refractivity (Wildman–Crippen MR) is 101 cm³/mol. The van der Waals surface area contributed by atoms with Crippen molar-refractivity contribution in [3.63, 3.8) is 0 Å². The molecule has 1 N–H and O–H groups in total. The number of fused-ring (bicyclic) bond motifs is 1. The summed E-state index contributed by atoms with van der Waals surface area (Å²) in [7, 11) is 0. The van der Waals surface area contributed by atoms with E-state index in [0.29, 0.717) is 11.1 Å². The Morgan fingerprint density at radius 3 is 2.70 bits per heavy atom. The van der Waals surface area contributed by atoms with Gasteiger partial charge in [0.1, 0.15) is 6.54 Å². The van der Waals surface area contributed by atoms with E-state index in [9.17, 15) is 9.59 Å². The second-order valence-corrected chi connectivity index (χ2v) is 6.27. The molecule has 136 valence electrons. The van der Waals surface area contributed by atoms with Crippen LogP contribution in [0, 0.1) is 0 Å². The van der Waals surface area contributed by atoms with Crippen LogP contribution in [0.1, 0.15) is 18.5 Å². The minimum Gasteiger partial charge on any atom is -0.408 e. The van der Waals surface area contributed by atoms with E-state index in [1.54, 1.807) is 36.8 Å². The number of carbonyl (C=O) groups is 1. The maximum Gasteiger partial charge on any atom is 0.420 e. The largest absolute Gasteiger partial charge is 0.420 e. The highest BCUT2D eigenvalue weighted by molar-refractivity contribution is 5.79. The standard InChI is InChI=1S/C20H18N4O3/c1-14(15-6-8-16(9-7-15)23-11-10-21-13-23)22-19(25)12-24-17-4-2-3-5-18(17)27-20(24)26/h2-11,13-14H,12H2,1H3,(H,22,25)/t14-/m0/s1. The maximum atomic E-state index is 12.4. The highest BCUT2D eigenvalue weighted by atomic mass is 16.4. The molecular formula is C20H18N4O3. The zero-order valence-corrected chi connectivity index (χ0v) is 14.7. The van der Waals surface area contributed by atoms with E-state index in [4.69, 9.17) is 4.42 Å². The molecule has 0 fully saturated rings. The van der Waals surface area contributed by atoms with E-state index in [2.05, 4.69) is 10.3 Å². The quantitative estimate of drug-likeness (QED) is 0.592. The molecule has 2 aromatic carbocycles. The third kappa shape index (κ3) is 3.39. The van der Waals surface area contributed by atoms with Crippen molar-refractivity contribution < 1.29 is 9.21 Å². The van der Waals surface area contributed by atoms with E-state index in [-0.39, 0.29) is 18.5 Å². The molecule has 7 nitrogen and oxygen atoms in total. The van der Waals surface area contributed by atoms with E-state index >= 15 is 0 Å². The van der Waals surface area contributed by atoms with Gasteiger partial charge in [0.25, 0.3) is 0 Å². The fourth-order valence-electron chi connectivity index (χ4n) is 3.02. The second kappa shape index (κ2) is 6.95. The zero-order valence-electron chi connectivity index (χ0n) is 14.7. The molecular weight excluding hydrogens is 344 g/mol. The average molecular weight is 362 g/mol. The van der Waals surface area contributed by atoms with Gasteiger partial charge >= 0.3 is 5.76 Å². The molecule has 2 aromatic heterocycles. The molecule has 7 heteroatoms. The van der Waals surface area contributed by atoms with Gasteiger partial charge in [0, 0.05) is 18.1 Å². The summed E-state index contributed by atoms with van der Waals surface area (Å²) < 4.78 is 8.40. The zero-order chi connectivity index (χ0) is 18.8. The molecule has 0 aliphatic rings. The van der Waals surface area contributed by atoms with Crippen LogP contribution in [0.15, 0.2) is 76.5 Å². The van der Waals surface area contributed by atoms with Crippen LogP contribution in [0.2, 0.25) is 0 Å². The molecule has 0 saturated heterocycles. The molecule has 0 unspecified atom stereocenters. The van der Waals surface area contributed by atoms with Gasteiger partial charge in [0.05, 0.1) is 17.9 Å². The normalized spacial score (nSPS) is 12.2. The van der Waals surface area contributed by atoms with Crippen molar-refractivity contribution in [2.24, 2.45) is 0 Å². The Morgan fingerprint density at radius 2 is 1.96 bits per heavy atom. The number of nitrogens with zero attached hydrogens (tertiary/aromatic N) is 3. The molecule has 0 bridgehead atoms. The number of para-hydroxylation sites is 2. The molecule has 4 aromatic rings. The van der Waals surface area contributed by atoms with Crippen molar-refractivity contribution in [3.05, 3.63) is 83.4 Å². The number of amides is 1. The molecule has 0 aliphatic carbocycles. The van der Waals surface area contributed by atoms with Gasteiger partial charge < -0.3 is 14.3 Å². The van der Waals surface area contributed by atoms with Crippen LogP contribution >= 0.6 is 0 Å². The minimum atomic E-state index is -0.538. The third-order valence-corrected chi connectivity index (χ3v) is 4.45. The lowest BCUT2D eigenvalue weighted by atomic mass is 10.1. The van der Waals surface area contributed by atoms with E-state index in [0.717, 1.165) is 11.3 Å². The number of rotatable bonds is 5. The van der Waals surface area contributed by atoms with Gasteiger partial charge in [-0.25, -0.2) is 9.78 Å². The van der Waals surface area contributed by atoms with E-state index < -0.39 is 5.76 Å². The van der Waals surface area contributed by atoms with Crippen LogP contribution in [0.3, 0.4) is 0 Å². The molecule has 27 heavy (non-hydrogen) atoms. The summed E-state index contributed by atoms with van der Waals surface area (Å²) in [5.74, 6) is -0.793. The molecule has 0 aliphatic heterocycles. The summed E-state index contributed by atoms with van der Waals surface area (Å²) in [5, 5.41) is 2.92. The van der Waals surface area contributed by atoms with Crippen LogP contribution in [-0.2, 0) is 11.3 Å². The first-order chi connectivity index (χ1) is 13.1. The molecule has 1 atom stereocenters. The van der Waals surface area contributed by atoms with Crippen molar-refractivity contribution in [2.75, 3.05) is 0 Å². The van der Waals surface area contributed by atoms with Crippen LogP contribution in [0.25, 0.3) is 16.8 Å². The summed E-state index contributed by atoms with van der Waals surface area (Å²) in [6.07, 6.45) is 5.32. The van der Waals surface area contributed by atoms with Crippen LogP contribution < -0.4 is 11.1 Å². The number of aromatic nitrogens is 3. The highest BCUT2D eigenvalue weighted by Crippen LogP contribution is 2.16. The number of hydrogen-bond acceptors (Lipinski definition) is 4. The Labute approximate surface area is 154 Å². The SMILES string of the molecule is C[C@H](NC(=O)Cn1c(=O)oc2ccccc21)c1ccc(-n2ccnc2)cc1. The number of nitrogens with one attached hydrogen (secondary N) is 1. The Hall–Kier alpha value is -3.61. The second-order valence-electron chi connectivity index (χ2n) is 6.27. The van der Waals surface area contributed by atoms with Crippen molar-refractivity contribution in [1.82, 2.24) is 19.4 Å². The van der Waals surface area contributed by atoms with Crippen LogP contribution in [0.5, 0.6) is 0 Å². The lowest BCUT2D eigenvalue weighted by Crippen LogP contribution is -2.32. The van der Waals surface area contributed by atoms with Crippen molar-refractivity contribution in [2.45, 2.75) is 19.5 Å². The summed E-state index contributed by atoms with van der Waals surface area (Å²) in [6, 6.07) is 14.7. The molecule has 4 rings (SSSR count). The fourth-order valence-corrected chi connectivity index (χ4v) is 3.02. The summed E-state index contributed by atoms with van der Waals surface area (Å²) in [5.41, 5.74) is 3.04. The van der Waals surface area contributed by atoms with Crippen molar-refractivity contribution in [3.8, 4) is 5.69 Å². The maximum absolute atomic E-state index is 12.4. The minimum absolute atomic E-state index is 0.0900. The first kappa shape index (κ1) is 16.8. The van der Waals surface area contributed by atoms with Gasteiger partial charge in [0.15, 0.2) is 5.58 Å². The van der Waals surface area contributed by atoms with Gasteiger partial charge in [-0.3, -0.25) is 9.36 Å². The average Bonchev–Trinajstić information content (AvgIpc) is 3.31. The van der Waals surface area contributed by atoms with Gasteiger partial charge in [-0.2, -0.15) is 0 Å². The first-order valence-electron chi connectivity index (χ1n) is 8.58. The lowest BCUT2D eigenvalue weighted by Gasteiger charge is -2.15. The number of carbonyl (C=O) groups excluding carboxylic acids is 1. The summed E-state index contributed by atoms with van der Waals surface area (Å²) >= 11 is 0. The molecule has 0 radical (unpaired) electrons. The van der Waals surface area contributed by atoms with Crippen molar-refractivity contribution >= 4 is 17.0 Å². The van der Waals surface area contributed by atoms with Crippen LogP contribution in [-0.4, -0.2) is 20.0 Å². The molecule has 1 amide bonds. The Morgan fingerprint density at radius 1 is 1.19 bits per heavy atom. The van der Waals surface area contributed by atoms with E-state index in [1.165, 1.54) is 4.57 Å². The molecule has 0 spiro atoms. The lowest BCUT2D eigenvalue weighted by molar-refractivity contribution is -0.122. The van der Waals surface area contributed by atoms with Crippen molar-refractivity contribution in [1.29, 1.82) is 0 Å². The number of imidazole rings is 1. The summed E-state index contributed by atoms with van der Waals surface area (Å²) in [4.78, 5) is 28.4. The Kier molecular flexibility index (Phi) is 4.33. The first-order valence-corrected chi connectivity index (χ1v) is 8.58. The van der Waals surface area contributed by atoms with E-state index in [1.807, 2.05) is 42.0 Å². The third-order valence-electron chi connectivity index (χ3n) is 4.45. The molecule has 2 heterocycles. The van der Waals surface area contributed by atoms with Crippen LogP contribution in [0.4, 0.5) is 0 Å². The number of hydrogen-bond donors (Lipinski definition) is 1. The molecule has 0 saturated carbocycles. The number of benzene rings is 2. The van der Waals surface area contributed by atoms with Gasteiger partial charge in [-0.1, -0.05) is 24.3 Å². The highest BCUT2D eigenvalue weighted by Gasteiger charge is 2.14. The number of oxazole rings is 1. The summed E-state index contributed by atoms with van der Waals surface area (Å²) in [6.45, 7) is 1.81. The Balaban J connectivity index is 1.46. The van der Waals surface area contributed by atoms with Gasteiger partial charge in [0.2, 0.25) is 5.91 Å². The van der Waals surface area contributed by atoms with Gasteiger partial charge in [-0.15, -0.1) is 0 Å².